The Balaban J connectivity index is 1.90. The number of pyridine rings is 1. The van der Waals surface area contributed by atoms with Gasteiger partial charge in [0.25, 0.3) is 5.91 Å². The maximum atomic E-state index is 12.8. The molecule has 1 aliphatic rings. The van der Waals surface area contributed by atoms with Crippen molar-refractivity contribution in [1.82, 2.24) is 10.3 Å². The van der Waals surface area contributed by atoms with Crippen LogP contribution in [-0.2, 0) is 14.4 Å². The number of nitrogens with one attached hydrogen (secondary N) is 1. The molecule has 0 aliphatic carbocycles. The smallest absolute Gasteiger partial charge is 0.335 e. The van der Waals surface area contributed by atoms with E-state index in [0.717, 1.165) is 11.0 Å². The number of urea groups is 1. The van der Waals surface area contributed by atoms with E-state index in [1.807, 2.05) is 5.32 Å². The number of imide groups is 2. The average Bonchev–Trinajstić information content (AvgIpc) is 2.67. The highest BCUT2D eigenvalue weighted by Gasteiger charge is 2.45. The number of anilines is 1. The Bertz CT molecular complexity index is 939. The number of ether oxygens (including phenoxy) is 1. The van der Waals surface area contributed by atoms with E-state index in [1.165, 1.54) is 19.3 Å². The molecular weight excluding hydrogens is 350 g/mol. The maximum absolute atomic E-state index is 12.8. The standard InChI is InChI=1S/C19H15N3O5/c1-27-15-5-3-2-4-13(15)22-18(25)16(17(24)21-19(22)26)14(23)7-6-12-8-10-20-11-9-12/h2-11,16H,1H3,(H,21,24,26)/b7-6+/t16-/m1/s1. The molecule has 0 saturated carbocycles. The number of para-hydroxylation sites is 2. The molecule has 1 N–H and O–H groups in total. The fourth-order valence-corrected chi connectivity index (χ4v) is 2.62. The third-order valence-corrected chi connectivity index (χ3v) is 3.92. The van der Waals surface area contributed by atoms with Crippen molar-refractivity contribution in [3.8, 4) is 5.75 Å². The number of allylic oxidation sites excluding steroid dienone is 1. The number of aromatic nitrogens is 1. The van der Waals surface area contributed by atoms with E-state index in [1.54, 1.807) is 42.7 Å². The molecule has 27 heavy (non-hydrogen) atoms. The van der Waals surface area contributed by atoms with Gasteiger partial charge in [-0.15, -0.1) is 0 Å². The Hall–Kier alpha value is -3.81. The van der Waals surface area contributed by atoms with Gasteiger partial charge < -0.3 is 4.74 Å². The minimum atomic E-state index is -1.66. The molecular formula is C19H15N3O5. The summed E-state index contributed by atoms with van der Waals surface area (Å²) in [5, 5.41) is 2.05. The van der Waals surface area contributed by atoms with Crippen molar-refractivity contribution in [2.45, 2.75) is 0 Å². The highest BCUT2D eigenvalue weighted by molar-refractivity contribution is 6.36. The SMILES string of the molecule is COc1ccccc1N1C(=O)NC(=O)[C@@H](C(=O)/C=C/c2ccncc2)C1=O. The summed E-state index contributed by atoms with van der Waals surface area (Å²) in [4.78, 5) is 54.2. The van der Waals surface area contributed by atoms with Crippen LogP contribution in [0.25, 0.3) is 6.08 Å². The van der Waals surface area contributed by atoms with Gasteiger partial charge in [-0.2, -0.15) is 0 Å². The fourth-order valence-electron chi connectivity index (χ4n) is 2.62. The number of ketones is 1. The maximum Gasteiger partial charge on any atom is 0.335 e. The number of benzene rings is 1. The minimum Gasteiger partial charge on any atom is -0.495 e. The zero-order valence-corrected chi connectivity index (χ0v) is 14.3. The van der Waals surface area contributed by atoms with Crippen molar-refractivity contribution in [2.75, 3.05) is 12.0 Å². The van der Waals surface area contributed by atoms with Crippen LogP contribution in [-0.4, -0.2) is 35.7 Å². The molecule has 0 spiro atoms. The van der Waals surface area contributed by atoms with Gasteiger partial charge in [-0.25, -0.2) is 9.69 Å². The van der Waals surface area contributed by atoms with Crippen molar-refractivity contribution in [3.63, 3.8) is 0 Å². The molecule has 1 aromatic heterocycles. The Morgan fingerprint density at radius 2 is 1.85 bits per heavy atom. The van der Waals surface area contributed by atoms with Crippen molar-refractivity contribution in [1.29, 1.82) is 0 Å². The van der Waals surface area contributed by atoms with E-state index >= 15 is 0 Å². The van der Waals surface area contributed by atoms with E-state index in [2.05, 4.69) is 4.98 Å². The first-order valence-electron chi connectivity index (χ1n) is 7.96. The quantitative estimate of drug-likeness (QED) is 0.637. The zero-order chi connectivity index (χ0) is 19.4. The van der Waals surface area contributed by atoms with Gasteiger partial charge in [0.15, 0.2) is 11.7 Å². The summed E-state index contributed by atoms with van der Waals surface area (Å²) in [6.07, 6.45) is 5.69. The molecule has 0 radical (unpaired) electrons. The summed E-state index contributed by atoms with van der Waals surface area (Å²) >= 11 is 0. The predicted octanol–water partition coefficient (Wildman–Crippen LogP) is 1.57. The molecule has 1 aromatic carbocycles. The molecule has 3 rings (SSSR count). The van der Waals surface area contributed by atoms with E-state index in [4.69, 9.17) is 4.74 Å². The van der Waals surface area contributed by atoms with Crippen molar-refractivity contribution < 1.29 is 23.9 Å². The second-order valence-corrected chi connectivity index (χ2v) is 5.59. The van der Waals surface area contributed by atoms with Crippen LogP contribution in [0.1, 0.15) is 5.56 Å². The van der Waals surface area contributed by atoms with Crippen molar-refractivity contribution in [3.05, 3.63) is 60.4 Å². The van der Waals surface area contributed by atoms with Crippen LogP contribution in [0.2, 0.25) is 0 Å². The Labute approximate surface area is 154 Å². The Kier molecular flexibility index (Phi) is 5.07. The fraction of sp³-hybridized carbons (Fsp3) is 0.105. The molecule has 136 valence electrons. The summed E-state index contributed by atoms with van der Waals surface area (Å²) in [5.74, 6) is -4.03. The highest BCUT2D eigenvalue weighted by atomic mass is 16.5. The van der Waals surface area contributed by atoms with Gasteiger partial charge in [-0.3, -0.25) is 24.7 Å². The first kappa shape index (κ1) is 18.0. The van der Waals surface area contributed by atoms with Crippen LogP contribution in [0, 0.1) is 5.92 Å². The van der Waals surface area contributed by atoms with Crippen LogP contribution in [0.15, 0.2) is 54.9 Å². The second-order valence-electron chi connectivity index (χ2n) is 5.59. The third-order valence-electron chi connectivity index (χ3n) is 3.92. The van der Waals surface area contributed by atoms with Crippen LogP contribution in [0.5, 0.6) is 5.75 Å². The summed E-state index contributed by atoms with van der Waals surface area (Å²) in [6, 6.07) is 8.72. The molecule has 8 nitrogen and oxygen atoms in total. The molecule has 2 heterocycles. The Morgan fingerprint density at radius 3 is 2.56 bits per heavy atom. The van der Waals surface area contributed by atoms with Crippen molar-refractivity contribution >= 4 is 35.4 Å². The molecule has 1 fully saturated rings. The molecule has 4 amide bonds. The van der Waals surface area contributed by atoms with Crippen LogP contribution in [0.3, 0.4) is 0 Å². The summed E-state index contributed by atoms with van der Waals surface area (Å²) in [5.41, 5.74) is 0.825. The number of amides is 4. The lowest BCUT2D eigenvalue weighted by Gasteiger charge is -2.29. The summed E-state index contributed by atoms with van der Waals surface area (Å²) in [6.45, 7) is 0. The van der Waals surface area contributed by atoms with Gasteiger partial charge >= 0.3 is 6.03 Å². The van der Waals surface area contributed by atoms with E-state index in [-0.39, 0.29) is 11.4 Å². The number of barbiturate groups is 1. The number of hydrogen-bond donors (Lipinski definition) is 1. The number of carbonyl (C=O) groups is 4. The Morgan fingerprint density at radius 1 is 1.15 bits per heavy atom. The lowest BCUT2D eigenvalue weighted by Crippen LogP contribution is -2.60. The van der Waals surface area contributed by atoms with Gasteiger partial charge in [0.2, 0.25) is 5.91 Å². The largest absolute Gasteiger partial charge is 0.495 e. The van der Waals surface area contributed by atoms with E-state index < -0.39 is 29.5 Å². The van der Waals surface area contributed by atoms with Crippen LogP contribution in [0.4, 0.5) is 10.5 Å². The van der Waals surface area contributed by atoms with Gasteiger partial charge in [0, 0.05) is 12.4 Å². The van der Waals surface area contributed by atoms with Gasteiger partial charge in [0.05, 0.1) is 12.8 Å². The predicted molar refractivity (Wildman–Crippen MR) is 95.8 cm³/mol. The molecule has 2 aromatic rings. The average molecular weight is 365 g/mol. The van der Waals surface area contributed by atoms with E-state index in [9.17, 15) is 19.2 Å². The van der Waals surface area contributed by atoms with Gasteiger partial charge in [-0.1, -0.05) is 18.2 Å². The first-order chi connectivity index (χ1) is 13.0. The molecule has 1 aliphatic heterocycles. The normalized spacial score (nSPS) is 17.1. The minimum absolute atomic E-state index is 0.144. The summed E-state index contributed by atoms with van der Waals surface area (Å²) in [7, 11) is 1.39. The topological polar surface area (TPSA) is 106 Å². The third kappa shape index (κ3) is 3.59. The van der Waals surface area contributed by atoms with Crippen molar-refractivity contribution in [2.24, 2.45) is 5.92 Å². The molecule has 8 heteroatoms. The number of rotatable bonds is 5. The molecule has 0 unspecified atom stereocenters. The van der Waals surface area contributed by atoms with Crippen LogP contribution >= 0.6 is 0 Å². The number of nitrogens with zero attached hydrogens (tertiary/aromatic N) is 2. The molecule has 1 saturated heterocycles. The number of carbonyl (C=O) groups excluding carboxylic acids is 4. The van der Waals surface area contributed by atoms with Gasteiger partial charge in [-0.05, 0) is 35.9 Å². The number of hydrogen-bond acceptors (Lipinski definition) is 6. The highest BCUT2D eigenvalue weighted by Crippen LogP contribution is 2.30. The monoisotopic (exact) mass is 365 g/mol. The van der Waals surface area contributed by atoms with E-state index in [0.29, 0.717) is 5.56 Å². The molecule has 1 atom stereocenters. The van der Waals surface area contributed by atoms with Gasteiger partial charge in [0.1, 0.15) is 5.75 Å². The number of methoxy groups -OCH3 is 1. The summed E-state index contributed by atoms with van der Waals surface area (Å²) < 4.78 is 5.16. The lowest BCUT2D eigenvalue weighted by atomic mass is 9.98. The first-order valence-corrected chi connectivity index (χ1v) is 7.96. The second kappa shape index (κ2) is 7.61. The lowest BCUT2D eigenvalue weighted by molar-refractivity contribution is -0.139. The molecule has 0 bridgehead atoms. The zero-order valence-electron chi connectivity index (χ0n) is 14.3. The van der Waals surface area contributed by atoms with Crippen LogP contribution < -0.4 is 15.0 Å².